The zero-order chi connectivity index (χ0) is 14.6. The number of hydrogen-bond donors (Lipinski definition) is 0. The van der Waals surface area contributed by atoms with E-state index in [1.165, 1.54) is 11.1 Å². The van der Waals surface area contributed by atoms with Crippen LogP contribution in [0.2, 0.25) is 0 Å². The van der Waals surface area contributed by atoms with Crippen LogP contribution < -0.4 is 0 Å². The van der Waals surface area contributed by atoms with Gasteiger partial charge < -0.3 is 0 Å². The second-order valence-electron chi connectivity index (χ2n) is 5.19. The molecule has 2 heteroatoms. The van der Waals surface area contributed by atoms with E-state index < -0.39 is 5.41 Å². The number of hydrogen-bond acceptors (Lipinski definition) is 1. The van der Waals surface area contributed by atoms with Crippen LogP contribution in [0.15, 0.2) is 48.5 Å². The average Bonchev–Trinajstić information content (AvgIpc) is 2.47. The van der Waals surface area contributed by atoms with Gasteiger partial charge in [-0.1, -0.05) is 75.6 Å². The van der Waals surface area contributed by atoms with E-state index in [0.717, 1.165) is 22.9 Å². The number of benzene rings is 2. The van der Waals surface area contributed by atoms with Gasteiger partial charge in [0.2, 0.25) is 0 Å². The van der Waals surface area contributed by atoms with Crippen molar-refractivity contribution in [1.82, 2.24) is 0 Å². The predicted molar refractivity (Wildman–Crippen MR) is 87.2 cm³/mol. The van der Waals surface area contributed by atoms with Gasteiger partial charge in [-0.3, -0.25) is 0 Å². The average molecular weight is 328 g/mol. The maximum absolute atomic E-state index is 9.88. The van der Waals surface area contributed by atoms with Gasteiger partial charge in [-0.2, -0.15) is 5.26 Å². The Kier molecular flexibility index (Phi) is 4.62. The maximum atomic E-state index is 9.88. The highest BCUT2D eigenvalue weighted by Gasteiger charge is 2.33. The molecule has 20 heavy (non-hydrogen) atoms. The number of alkyl halides is 1. The predicted octanol–water partition coefficient (Wildman–Crippen LogP) is 4.90. The Morgan fingerprint density at radius 2 is 1.30 bits per heavy atom. The van der Waals surface area contributed by atoms with Crippen LogP contribution in [-0.2, 0) is 5.41 Å². The van der Waals surface area contributed by atoms with Crippen molar-refractivity contribution in [2.24, 2.45) is 0 Å². The highest BCUT2D eigenvalue weighted by molar-refractivity contribution is 9.09. The summed E-state index contributed by atoms with van der Waals surface area (Å²) >= 11 is 3.50. The zero-order valence-electron chi connectivity index (χ0n) is 11.9. The first kappa shape index (κ1) is 14.8. The fourth-order valence-electron chi connectivity index (χ4n) is 2.46. The Morgan fingerprint density at radius 1 is 0.900 bits per heavy atom. The third kappa shape index (κ3) is 2.78. The molecule has 0 atom stereocenters. The van der Waals surface area contributed by atoms with Gasteiger partial charge in [-0.15, -0.1) is 0 Å². The Morgan fingerprint density at radius 3 is 1.60 bits per heavy atom. The van der Waals surface area contributed by atoms with Crippen LogP contribution in [0, 0.1) is 25.2 Å². The third-order valence-electron chi connectivity index (χ3n) is 3.75. The Balaban J connectivity index is 2.58. The molecule has 0 spiro atoms. The SMILES string of the molecule is Cc1ccc(C(C#N)(CCBr)c2ccc(C)cc2)cc1. The summed E-state index contributed by atoms with van der Waals surface area (Å²) in [6.45, 7) is 4.13. The van der Waals surface area contributed by atoms with Crippen molar-refractivity contribution in [2.75, 3.05) is 5.33 Å². The number of nitriles is 1. The van der Waals surface area contributed by atoms with E-state index in [2.05, 4.69) is 84.4 Å². The van der Waals surface area contributed by atoms with Crippen LogP contribution in [0.3, 0.4) is 0 Å². The molecule has 1 nitrogen and oxygen atoms in total. The maximum Gasteiger partial charge on any atom is 0.108 e. The molecule has 0 saturated heterocycles. The standard InChI is InChI=1S/C18H18BrN/c1-14-3-7-16(8-4-14)18(13-20,11-12-19)17-9-5-15(2)6-10-17/h3-10H,11-12H2,1-2H3. The number of halogens is 1. The van der Waals surface area contributed by atoms with Gasteiger partial charge in [0.1, 0.15) is 5.41 Å². The van der Waals surface area contributed by atoms with Crippen molar-refractivity contribution in [3.05, 3.63) is 70.8 Å². The fraction of sp³-hybridized carbons (Fsp3) is 0.278. The first-order valence-corrected chi connectivity index (χ1v) is 7.86. The lowest BCUT2D eigenvalue weighted by molar-refractivity contribution is 0.640. The van der Waals surface area contributed by atoms with Gasteiger partial charge in [0.15, 0.2) is 0 Å². The minimum absolute atomic E-state index is 0.578. The summed E-state index contributed by atoms with van der Waals surface area (Å²) in [5.74, 6) is 0. The summed E-state index contributed by atoms with van der Waals surface area (Å²) in [5, 5.41) is 10.7. The zero-order valence-corrected chi connectivity index (χ0v) is 13.4. The number of nitrogens with zero attached hydrogens (tertiary/aromatic N) is 1. The quantitative estimate of drug-likeness (QED) is 0.733. The summed E-state index contributed by atoms with van der Waals surface area (Å²) < 4.78 is 0. The monoisotopic (exact) mass is 327 g/mol. The van der Waals surface area contributed by atoms with E-state index in [9.17, 15) is 5.26 Å². The number of rotatable bonds is 4. The van der Waals surface area contributed by atoms with Crippen LogP contribution in [0.25, 0.3) is 0 Å². The van der Waals surface area contributed by atoms with E-state index in [1.54, 1.807) is 0 Å². The summed E-state index contributed by atoms with van der Waals surface area (Å²) in [6.07, 6.45) is 0.760. The van der Waals surface area contributed by atoms with Crippen LogP contribution in [0.1, 0.15) is 28.7 Å². The first-order valence-electron chi connectivity index (χ1n) is 6.74. The van der Waals surface area contributed by atoms with E-state index in [0.29, 0.717) is 0 Å². The molecular weight excluding hydrogens is 310 g/mol. The summed E-state index contributed by atoms with van der Waals surface area (Å²) in [7, 11) is 0. The molecule has 102 valence electrons. The van der Waals surface area contributed by atoms with Crippen molar-refractivity contribution in [1.29, 1.82) is 5.26 Å². The van der Waals surface area contributed by atoms with Gasteiger partial charge in [-0.05, 0) is 31.4 Å². The minimum Gasteiger partial charge on any atom is -0.197 e. The van der Waals surface area contributed by atoms with Crippen molar-refractivity contribution in [3.63, 3.8) is 0 Å². The molecule has 0 N–H and O–H groups in total. The molecule has 0 heterocycles. The molecule has 0 bridgehead atoms. The van der Waals surface area contributed by atoms with E-state index >= 15 is 0 Å². The lowest BCUT2D eigenvalue weighted by Crippen LogP contribution is -2.26. The van der Waals surface area contributed by atoms with Gasteiger partial charge in [0.25, 0.3) is 0 Å². The molecule has 0 unspecified atom stereocenters. The van der Waals surface area contributed by atoms with Crippen molar-refractivity contribution >= 4 is 15.9 Å². The highest BCUT2D eigenvalue weighted by Crippen LogP contribution is 2.36. The van der Waals surface area contributed by atoms with Gasteiger partial charge in [0, 0.05) is 5.33 Å². The fourth-order valence-corrected chi connectivity index (χ4v) is 3.05. The second-order valence-corrected chi connectivity index (χ2v) is 5.98. The largest absolute Gasteiger partial charge is 0.197 e. The summed E-state index contributed by atoms with van der Waals surface area (Å²) in [4.78, 5) is 0. The normalized spacial score (nSPS) is 11.1. The first-order chi connectivity index (χ1) is 9.62. The van der Waals surface area contributed by atoms with E-state index in [4.69, 9.17) is 0 Å². The van der Waals surface area contributed by atoms with E-state index in [1.807, 2.05) is 0 Å². The van der Waals surface area contributed by atoms with Crippen molar-refractivity contribution in [3.8, 4) is 6.07 Å². The molecule has 0 aliphatic rings. The lowest BCUT2D eigenvalue weighted by Gasteiger charge is -2.27. The Hall–Kier alpha value is -1.59. The molecule has 0 aliphatic heterocycles. The number of aryl methyl sites for hydroxylation is 2. The van der Waals surface area contributed by atoms with Crippen LogP contribution in [0.5, 0.6) is 0 Å². The Labute approximate surface area is 129 Å². The summed E-state index contributed by atoms with van der Waals surface area (Å²) in [5.41, 5.74) is 3.97. The molecule has 0 fully saturated rings. The molecule has 2 aromatic rings. The van der Waals surface area contributed by atoms with Crippen LogP contribution >= 0.6 is 15.9 Å². The molecule has 2 aromatic carbocycles. The molecule has 0 aromatic heterocycles. The van der Waals surface area contributed by atoms with Gasteiger partial charge in [0.05, 0.1) is 6.07 Å². The smallest absolute Gasteiger partial charge is 0.108 e. The van der Waals surface area contributed by atoms with Crippen molar-refractivity contribution in [2.45, 2.75) is 25.7 Å². The molecule has 0 aliphatic carbocycles. The molecular formula is C18H18BrN. The molecule has 0 amide bonds. The van der Waals surface area contributed by atoms with Crippen LogP contribution in [-0.4, -0.2) is 5.33 Å². The molecule has 0 saturated carbocycles. The van der Waals surface area contributed by atoms with Crippen LogP contribution in [0.4, 0.5) is 0 Å². The van der Waals surface area contributed by atoms with Crippen molar-refractivity contribution < 1.29 is 0 Å². The summed E-state index contributed by atoms with van der Waals surface area (Å²) in [6, 6.07) is 19.1. The van der Waals surface area contributed by atoms with Gasteiger partial charge >= 0.3 is 0 Å². The third-order valence-corrected chi connectivity index (χ3v) is 4.15. The van der Waals surface area contributed by atoms with E-state index in [-0.39, 0.29) is 0 Å². The topological polar surface area (TPSA) is 23.8 Å². The second kappa shape index (κ2) is 6.24. The lowest BCUT2D eigenvalue weighted by atomic mass is 9.73. The minimum atomic E-state index is -0.578. The Bertz CT molecular complexity index is 560. The highest BCUT2D eigenvalue weighted by atomic mass is 79.9. The molecule has 2 rings (SSSR count). The van der Waals surface area contributed by atoms with Gasteiger partial charge in [-0.25, -0.2) is 0 Å². The molecule has 0 radical (unpaired) electrons.